The lowest BCUT2D eigenvalue weighted by molar-refractivity contribution is -0.916. The van der Waals surface area contributed by atoms with Crippen LogP contribution in [0.4, 0.5) is 0 Å². The Morgan fingerprint density at radius 3 is 2.20 bits per heavy atom. The Morgan fingerprint density at radius 2 is 1.60 bits per heavy atom. The average Bonchev–Trinajstić information content (AvgIpc) is 2.26. The van der Waals surface area contributed by atoms with E-state index in [0.29, 0.717) is 0 Å². The summed E-state index contributed by atoms with van der Waals surface area (Å²) in [7, 11) is 4.89. The monoisotopic (exact) mass is 212 g/mol. The van der Waals surface area contributed by atoms with Crippen molar-refractivity contribution >= 4 is 0 Å². The Morgan fingerprint density at radius 1 is 0.933 bits per heavy atom. The number of quaternary nitrogens is 1. The van der Waals surface area contributed by atoms with Crippen LogP contribution in [-0.4, -0.2) is 31.2 Å². The predicted molar refractivity (Wildman–Crippen MR) is 68.0 cm³/mol. The summed E-state index contributed by atoms with van der Waals surface area (Å²) in [5.74, 6) is 0. The molecule has 0 aliphatic heterocycles. The second-order valence-electron chi connectivity index (χ2n) is 5.85. The fraction of sp³-hybridized carbons (Fsp3) is 1.00. The fourth-order valence-electron chi connectivity index (χ4n) is 2.91. The third-order valence-corrected chi connectivity index (χ3v) is 4.15. The number of hydrogen-bond acceptors (Lipinski definition) is 0. The lowest BCUT2D eigenvalue weighted by Crippen LogP contribution is -2.50. The first-order valence-electron chi connectivity index (χ1n) is 6.99. The number of hydrogen-bond donors (Lipinski definition) is 0. The van der Waals surface area contributed by atoms with Crippen molar-refractivity contribution in [3.63, 3.8) is 0 Å². The molecule has 1 heteroatoms. The predicted octanol–water partition coefficient (Wildman–Crippen LogP) is 3.98. The summed E-state index contributed by atoms with van der Waals surface area (Å²) in [5, 5.41) is 0. The third-order valence-electron chi connectivity index (χ3n) is 4.15. The molecule has 0 heterocycles. The van der Waals surface area contributed by atoms with Crippen LogP contribution in [0.25, 0.3) is 0 Å². The van der Waals surface area contributed by atoms with Gasteiger partial charge in [0.2, 0.25) is 0 Å². The van der Waals surface area contributed by atoms with Crippen LogP contribution < -0.4 is 0 Å². The molecule has 0 aromatic rings. The molecule has 90 valence electrons. The summed E-state index contributed by atoms with van der Waals surface area (Å²) in [6.07, 6.45) is 13.0. The van der Waals surface area contributed by atoms with Gasteiger partial charge in [-0.3, -0.25) is 0 Å². The van der Waals surface area contributed by atoms with Gasteiger partial charge in [0.25, 0.3) is 0 Å². The van der Waals surface area contributed by atoms with Crippen LogP contribution in [0, 0.1) is 0 Å². The summed E-state index contributed by atoms with van der Waals surface area (Å²) >= 11 is 0. The Hall–Kier alpha value is -0.0400. The first kappa shape index (κ1) is 13.0. The first-order valence-corrected chi connectivity index (χ1v) is 6.99. The lowest BCUT2D eigenvalue weighted by Gasteiger charge is -2.40. The van der Waals surface area contributed by atoms with Gasteiger partial charge in [0.1, 0.15) is 0 Å². The van der Waals surface area contributed by atoms with Crippen molar-refractivity contribution in [3.8, 4) is 0 Å². The largest absolute Gasteiger partial charge is 0.326 e. The molecule has 1 aliphatic carbocycles. The van der Waals surface area contributed by atoms with Gasteiger partial charge in [-0.15, -0.1) is 0 Å². The highest BCUT2D eigenvalue weighted by Crippen LogP contribution is 2.26. The van der Waals surface area contributed by atoms with Crippen molar-refractivity contribution < 1.29 is 4.48 Å². The molecule has 0 amide bonds. The van der Waals surface area contributed by atoms with Crippen LogP contribution in [0.3, 0.4) is 0 Å². The van der Waals surface area contributed by atoms with Gasteiger partial charge in [0.15, 0.2) is 0 Å². The van der Waals surface area contributed by atoms with Crippen molar-refractivity contribution in [2.75, 3.05) is 20.6 Å². The van der Waals surface area contributed by atoms with E-state index >= 15 is 0 Å². The highest BCUT2D eigenvalue weighted by molar-refractivity contribution is 4.65. The zero-order chi connectivity index (χ0) is 11.1. The molecule has 1 rings (SSSR count). The highest BCUT2D eigenvalue weighted by atomic mass is 15.3. The Labute approximate surface area is 96.4 Å². The molecule has 1 fully saturated rings. The molecule has 1 nitrogen and oxygen atoms in total. The summed E-state index contributed by atoms with van der Waals surface area (Å²) in [6, 6.07) is 0.959. The Kier molecular flexibility index (Phi) is 5.66. The number of rotatable bonds is 6. The molecule has 1 saturated carbocycles. The van der Waals surface area contributed by atoms with E-state index < -0.39 is 0 Å². The van der Waals surface area contributed by atoms with E-state index in [9.17, 15) is 0 Å². The number of unbranched alkanes of at least 4 members (excludes halogenated alkanes) is 3. The highest BCUT2D eigenvalue weighted by Gasteiger charge is 2.28. The van der Waals surface area contributed by atoms with Gasteiger partial charge >= 0.3 is 0 Å². The topological polar surface area (TPSA) is 0 Å². The molecule has 0 bridgehead atoms. The molecule has 0 spiro atoms. The van der Waals surface area contributed by atoms with E-state index in [4.69, 9.17) is 0 Å². The maximum absolute atomic E-state index is 2.45. The van der Waals surface area contributed by atoms with Crippen molar-refractivity contribution in [2.24, 2.45) is 0 Å². The van der Waals surface area contributed by atoms with E-state index in [2.05, 4.69) is 21.0 Å². The molecule has 0 aromatic heterocycles. The maximum atomic E-state index is 2.45. The molecule has 0 radical (unpaired) electrons. The molecule has 1 aliphatic rings. The zero-order valence-electron chi connectivity index (χ0n) is 11.1. The summed E-state index contributed by atoms with van der Waals surface area (Å²) in [4.78, 5) is 0. The van der Waals surface area contributed by atoms with Gasteiger partial charge in [-0.25, -0.2) is 0 Å². The van der Waals surface area contributed by atoms with E-state index in [1.165, 1.54) is 68.8 Å². The second-order valence-corrected chi connectivity index (χ2v) is 5.85. The summed E-state index contributed by atoms with van der Waals surface area (Å²) in [5.41, 5.74) is 0. The first-order chi connectivity index (χ1) is 7.17. The minimum atomic E-state index is 0.959. The fourth-order valence-corrected chi connectivity index (χ4v) is 2.91. The molecule has 0 N–H and O–H groups in total. The van der Waals surface area contributed by atoms with Gasteiger partial charge in [-0.1, -0.05) is 26.2 Å². The van der Waals surface area contributed by atoms with Crippen molar-refractivity contribution in [1.29, 1.82) is 0 Å². The minimum Gasteiger partial charge on any atom is -0.326 e. The molecular formula is C14H30N+. The summed E-state index contributed by atoms with van der Waals surface area (Å²) < 4.78 is 1.28. The van der Waals surface area contributed by atoms with Gasteiger partial charge in [0, 0.05) is 0 Å². The minimum absolute atomic E-state index is 0.959. The summed E-state index contributed by atoms with van der Waals surface area (Å²) in [6.45, 7) is 3.69. The second kappa shape index (κ2) is 6.52. The SMILES string of the molecule is CCCCCC[N+](C)(C)C1CCCCC1. The van der Waals surface area contributed by atoms with Crippen LogP contribution in [-0.2, 0) is 0 Å². The zero-order valence-corrected chi connectivity index (χ0v) is 11.1. The van der Waals surface area contributed by atoms with Crippen molar-refractivity contribution in [1.82, 2.24) is 0 Å². The standard InChI is InChI=1S/C14H30N/c1-4-5-6-10-13-15(2,3)14-11-8-7-9-12-14/h14H,4-13H2,1-3H3/q+1. The normalized spacial score (nSPS) is 19.4. The van der Waals surface area contributed by atoms with Crippen LogP contribution in [0.15, 0.2) is 0 Å². The Balaban J connectivity index is 2.23. The molecule has 0 saturated heterocycles. The van der Waals surface area contributed by atoms with Gasteiger partial charge in [-0.2, -0.15) is 0 Å². The molecular weight excluding hydrogens is 182 g/mol. The molecule has 0 unspecified atom stereocenters. The van der Waals surface area contributed by atoms with Gasteiger partial charge in [-0.05, 0) is 38.5 Å². The van der Waals surface area contributed by atoms with Crippen molar-refractivity contribution in [3.05, 3.63) is 0 Å². The Bertz CT molecular complexity index is 157. The van der Waals surface area contributed by atoms with Crippen LogP contribution in [0.1, 0.15) is 64.7 Å². The third kappa shape index (κ3) is 4.55. The smallest absolute Gasteiger partial charge is 0.0886 e. The molecule has 0 atom stereocenters. The lowest BCUT2D eigenvalue weighted by atomic mass is 9.93. The number of nitrogens with zero attached hydrogens (tertiary/aromatic N) is 1. The van der Waals surface area contributed by atoms with Crippen LogP contribution in [0.2, 0.25) is 0 Å². The van der Waals surface area contributed by atoms with E-state index in [1.807, 2.05) is 0 Å². The van der Waals surface area contributed by atoms with E-state index in [0.717, 1.165) is 6.04 Å². The van der Waals surface area contributed by atoms with Crippen molar-refractivity contribution in [2.45, 2.75) is 70.8 Å². The average molecular weight is 212 g/mol. The van der Waals surface area contributed by atoms with E-state index in [1.54, 1.807) is 0 Å². The van der Waals surface area contributed by atoms with Gasteiger partial charge < -0.3 is 4.48 Å². The van der Waals surface area contributed by atoms with E-state index in [-0.39, 0.29) is 0 Å². The van der Waals surface area contributed by atoms with Gasteiger partial charge in [0.05, 0.1) is 26.7 Å². The molecule has 15 heavy (non-hydrogen) atoms. The van der Waals surface area contributed by atoms with Crippen LogP contribution >= 0.6 is 0 Å². The maximum Gasteiger partial charge on any atom is 0.0886 e. The van der Waals surface area contributed by atoms with Crippen LogP contribution in [0.5, 0.6) is 0 Å². The quantitative estimate of drug-likeness (QED) is 0.461. The molecule has 0 aromatic carbocycles.